The number of phenols is 1. The number of carbonyl (C=O) groups excluding carboxylic acids is 1. The normalized spacial score (nSPS) is 13.2. The summed E-state index contributed by atoms with van der Waals surface area (Å²) in [7, 11) is 3.20. The Morgan fingerprint density at radius 2 is 1.93 bits per heavy atom. The molecule has 9 heteroatoms. The van der Waals surface area contributed by atoms with Gasteiger partial charge in [-0.1, -0.05) is 18.2 Å². The molecule has 3 aromatic carbocycles. The van der Waals surface area contributed by atoms with Crippen molar-refractivity contribution < 1.29 is 23.8 Å². The molecular formula is C31H30N4O5. The number of nitrogens with zero attached hydrogens (tertiary/aromatic N) is 3. The molecular weight excluding hydrogens is 508 g/mol. The maximum Gasteiger partial charge on any atom is 0.260 e. The van der Waals surface area contributed by atoms with Gasteiger partial charge in [0.15, 0.2) is 11.5 Å². The molecule has 204 valence electrons. The van der Waals surface area contributed by atoms with Crippen LogP contribution in [0.5, 0.6) is 17.2 Å². The summed E-state index contributed by atoms with van der Waals surface area (Å²) in [6, 6.07) is 16.8. The first-order valence-electron chi connectivity index (χ1n) is 13.3. The number of furan rings is 1. The highest BCUT2D eigenvalue weighted by Gasteiger charge is 2.21. The molecule has 2 N–H and O–H groups in total. The minimum absolute atomic E-state index is 0.0256. The number of benzene rings is 3. The largest absolute Gasteiger partial charge is 0.507 e. The van der Waals surface area contributed by atoms with Crippen molar-refractivity contribution in [1.29, 1.82) is 0 Å². The molecule has 0 saturated carbocycles. The molecule has 6 rings (SSSR count). The van der Waals surface area contributed by atoms with Crippen LogP contribution in [-0.4, -0.2) is 41.0 Å². The molecule has 1 aliphatic carbocycles. The summed E-state index contributed by atoms with van der Waals surface area (Å²) >= 11 is 0. The zero-order valence-electron chi connectivity index (χ0n) is 22.4. The molecule has 2 aromatic heterocycles. The van der Waals surface area contributed by atoms with Gasteiger partial charge >= 0.3 is 0 Å². The summed E-state index contributed by atoms with van der Waals surface area (Å²) in [5.41, 5.74) is 7.64. The Labute approximate surface area is 231 Å². The minimum atomic E-state index is -0.311. The summed E-state index contributed by atoms with van der Waals surface area (Å²) in [6.07, 6.45) is 5.95. The number of amides is 1. The Balaban J connectivity index is 1.25. The van der Waals surface area contributed by atoms with Crippen LogP contribution in [0.1, 0.15) is 41.1 Å². The Hall–Kier alpha value is -4.79. The number of imidazole rings is 1. The monoisotopic (exact) mass is 538 g/mol. The van der Waals surface area contributed by atoms with Crippen molar-refractivity contribution in [1.82, 2.24) is 15.0 Å². The topological polar surface area (TPSA) is 111 Å². The van der Waals surface area contributed by atoms with Crippen molar-refractivity contribution in [3.8, 4) is 17.2 Å². The molecule has 0 fully saturated rings. The SMILES string of the molecule is COc1ccc(Cc2nc3ccccc3n2CC(=O)N/N=C\c2c(O)ccc3oc4c(c23)CCCC4)cc1OC. The first kappa shape index (κ1) is 25.5. The van der Waals surface area contributed by atoms with Crippen LogP contribution in [0.15, 0.2) is 64.1 Å². The number of aromatic hydroxyl groups is 1. The van der Waals surface area contributed by atoms with Gasteiger partial charge in [-0.15, -0.1) is 0 Å². The predicted octanol–water partition coefficient (Wildman–Crippen LogP) is 5.13. The summed E-state index contributed by atoms with van der Waals surface area (Å²) in [4.78, 5) is 17.9. The number of aryl methyl sites for hydroxylation is 2. The number of fused-ring (bicyclic) bond motifs is 4. The highest BCUT2D eigenvalue weighted by atomic mass is 16.5. The molecule has 1 aliphatic rings. The molecule has 1 amide bonds. The fourth-order valence-electron chi connectivity index (χ4n) is 5.46. The van der Waals surface area contributed by atoms with E-state index in [1.54, 1.807) is 26.4 Å². The van der Waals surface area contributed by atoms with E-state index in [0.29, 0.717) is 23.5 Å². The van der Waals surface area contributed by atoms with Crippen LogP contribution < -0.4 is 14.9 Å². The molecule has 0 radical (unpaired) electrons. The van der Waals surface area contributed by atoms with E-state index in [4.69, 9.17) is 18.9 Å². The summed E-state index contributed by atoms with van der Waals surface area (Å²) < 4.78 is 18.7. The number of phenolic OH excluding ortho intramolecular Hbond substituents is 1. The molecule has 0 spiro atoms. The number of ether oxygens (including phenoxy) is 2. The van der Waals surface area contributed by atoms with Crippen molar-refractivity contribution >= 4 is 34.1 Å². The maximum atomic E-state index is 13.1. The first-order chi connectivity index (χ1) is 19.6. The molecule has 0 saturated heterocycles. The maximum absolute atomic E-state index is 13.1. The van der Waals surface area contributed by atoms with Gasteiger partial charge in [0.05, 0.1) is 31.5 Å². The average Bonchev–Trinajstić information content (AvgIpc) is 3.52. The van der Waals surface area contributed by atoms with Gasteiger partial charge in [-0.25, -0.2) is 10.4 Å². The zero-order valence-corrected chi connectivity index (χ0v) is 22.4. The van der Waals surface area contributed by atoms with Gasteiger partial charge < -0.3 is 23.6 Å². The fourth-order valence-corrected chi connectivity index (χ4v) is 5.46. The van der Waals surface area contributed by atoms with E-state index in [-0.39, 0.29) is 18.2 Å². The molecule has 0 atom stereocenters. The number of rotatable bonds is 8. The van der Waals surface area contributed by atoms with E-state index in [2.05, 4.69) is 10.5 Å². The van der Waals surface area contributed by atoms with E-state index < -0.39 is 0 Å². The van der Waals surface area contributed by atoms with Crippen LogP contribution in [0.4, 0.5) is 0 Å². The lowest BCUT2D eigenvalue weighted by atomic mass is 9.94. The summed E-state index contributed by atoms with van der Waals surface area (Å²) in [5, 5.41) is 15.7. The van der Waals surface area contributed by atoms with Gasteiger partial charge in [0.1, 0.15) is 29.5 Å². The lowest BCUT2D eigenvalue weighted by molar-refractivity contribution is -0.121. The third-order valence-corrected chi connectivity index (χ3v) is 7.36. The second kappa shape index (κ2) is 10.8. The van der Waals surface area contributed by atoms with Crippen LogP contribution in [0.3, 0.4) is 0 Å². The van der Waals surface area contributed by atoms with Crippen LogP contribution in [-0.2, 0) is 30.6 Å². The number of hydrogen-bond donors (Lipinski definition) is 2. The predicted molar refractivity (Wildman–Crippen MR) is 152 cm³/mol. The van der Waals surface area contributed by atoms with Crippen LogP contribution in [0.2, 0.25) is 0 Å². The van der Waals surface area contributed by atoms with Gasteiger partial charge in [0, 0.05) is 29.4 Å². The number of para-hydroxylation sites is 2. The van der Waals surface area contributed by atoms with Crippen molar-refractivity contribution in [3.63, 3.8) is 0 Å². The van der Waals surface area contributed by atoms with Gasteiger partial charge in [-0.2, -0.15) is 5.10 Å². The molecule has 0 unspecified atom stereocenters. The van der Waals surface area contributed by atoms with Crippen molar-refractivity contribution in [2.45, 2.75) is 38.6 Å². The number of aromatic nitrogens is 2. The summed E-state index contributed by atoms with van der Waals surface area (Å²) in [5.74, 6) is 2.77. The Kier molecular flexibility index (Phi) is 6.86. The highest BCUT2D eigenvalue weighted by Crippen LogP contribution is 2.36. The molecule has 40 heavy (non-hydrogen) atoms. The Morgan fingerprint density at radius 3 is 2.77 bits per heavy atom. The lowest BCUT2D eigenvalue weighted by Crippen LogP contribution is -2.24. The van der Waals surface area contributed by atoms with Crippen LogP contribution in [0.25, 0.3) is 22.0 Å². The minimum Gasteiger partial charge on any atom is -0.507 e. The number of carbonyl (C=O) groups is 1. The molecule has 9 nitrogen and oxygen atoms in total. The first-order valence-corrected chi connectivity index (χ1v) is 13.3. The number of nitrogens with one attached hydrogen (secondary N) is 1. The van der Waals surface area contributed by atoms with Crippen molar-refractivity contribution in [2.75, 3.05) is 14.2 Å². The van der Waals surface area contributed by atoms with Gasteiger partial charge in [0.25, 0.3) is 5.91 Å². The number of hydrazone groups is 1. The third kappa shape index (κ3) is 4.75. The molecule has 5 aromatic rings. The standard InChI is InChI=1S/C31H30N4O5/c1-38-26-13-11-19(15-28(26)39-2)16-29-33-22-8-4-5-9-23(22)35(29)18-30(37)34-32-17-21-24(36)12-14-27-31(21)20-7-3-6-10-25(20)40-27/h4-5,8-9,11-15,17,36H,3,6-7,10,16,18H2,1-2H3,(H,34,37)/b32-17-. The smallest absolute Gasteiger partial charge is 0.260 e. The molecule has 0 aliphatic heterocycles. The van der Waals surface area contributed by atoms with E-state index in [1.807, 2.05) is 47.0 Å². The Morgan fingerprint density at radius 1 is 1.10 bits per heavy atom. The molecule has 0 bridgehead atoms. The third-order valence-electron chi connectivity index (χ3n) is 7.36. The van der Waals surface area contributed by atoms with Crippen molar-refractivity contribution in [2.24, 2.45) is 5.10 Å². The summed E-state index contributed by atoms with van der Waals surface area (Å²) in [6.45, 7) is 0.0256. The van der Waals surface area contributed by atoms with Crippen LogP contribution >= 0.6 is 0 Å². The van der Waals surface area contributed by atoms with E-state index in [9.17, 15) is 9.90 Å². The fraction of sp³-hybridized carbons (Fsp3) is 0.258. The lowest BCUT2D eigenvalue weighted by Gasteiger charge is -2.11. The second-order valence-electron chi connectivity index (χ2n) is 9.84. The quantitative estimate of drug-likeness (QED) is 0.209. The average molecular weight is 539 g/mol. The van der Waals surface area contributed by atoms with Crippen LogP contribution in [0, 0.1) is 0 Å². The second-order valence-corrected chi connectivity index (χ2v) is 9.84. The highest BCUT2D eigenvalue weighted by molar-refractivity contribution is 6.03. The zero-order chi connectivity index (χ0) is 27.6. The Bertz CT molecular complexity index is 1750. The van der Waals surface area contributed by atoms with E-state index >= 15 is 0 Å². The number of hydrogen-bond acceptors (Lipinski definition) is 7. The molecule has 2 heterocycles. The van der Waals surface area contributed by atoms with E-state index in [0.717, 1.165) is 70.4 Å². The number of methoxy groups -OCH3 is 2. The van der Waals surface area contributed by atoms with Gasteiger partial charge in [-0.05, 0) is 61.2 Å². The van der Waals surface area contributed by atoms with Crippen molar-refractivity contribution in [3.05, 3.63) is 82.9 Å². The van der Waals surface area contributed by atoms with Gasteiger partial charge in [0.2, 0.25) is 0 Å². The van der Waals surface area contributed by atoms with Gasteiger partial charge in [-0.3, -0.25) is 4.79 Å². The van der Waals surface area contributed by atoms with E-state index in [1.165, 1.54) is 6.21 Å².